The molecule has 4 nitrogen and oxygen atoms in total. The predicted octanol–water partition coefficient (Wildman–Crippen LogP) is 5.99. The maximum Gasteiger partial charge on any atom is 0.225 e. The van der Waals surface area contributed by atoms with E-state index in [2.05, 4.69) is 24.3 Å². The first-order chi connectivity index (χ1) is 13.7. The molecule has 0 saturated heterocycles. The van der Waals surface area contributed by atoms with E-state index in [1.54, 1.807) is 18.2 Å². The van der Waals surface area contributed by atoms with Crippen molar-refractivity contribution in [1.82, 2.24) is 0 Å². The Morgan fingerprint density at radius 3 is 1.96 bits per heavy atom. The SMILES string of the molecule is COc1cccc(OC)c1C(=O)[PH](=O)CCCCCCCCc1ccccc1. The third-order valence-corrected chi connectivity index (χ3v) is 6.43. The average Bonchev–Trinajstić information content (AvgIpc) is 2.74. The second-order valence-corrected chi connectivity index (χ2v) is 8.70. The third-order valence-electron chi connectivity index (χ3n) is 4.87. The van der Waals surface area contributed by atoms with Gasteiger partial charge in [-0.25, -0.2) is 0 Å². The number of hydrogen-bond donors (Lipinski definition) is 0. The molecule has 0 amide bonds. The van der Waals surface area contributed by atoms with Crippen LogP contribution in [0.1, 0.15) is 54.4 Å². The first-order valence-corrected chi connectivity index (χ1v) is 11.6. The van der Waals surface area contributed by atoms with Gasteiger partial charge in [0, 0.05) is 6.16 Å². The first kappa shape index (κ1) is 22.2. The summed E-state index contributed by atoms with van der Waals surface area (Å²) in [4.78, 5) is 12.6. The first-order valence-electron chi connectivity index (χ1n) is 9.99. The fraction of sp³-hybridized carbons (Fsp3) is 0.435. The van der Waals surface area contributed by atoms with Gasteiger partial charge in [-0.2, -0.15) is 0 Å². The molecule has 1 atom stereocenters. The van der Waals surface area contributed by atoms with Gasteiger partial charge in [-0.1, -0.05) is 62.1 Å². The van der Waals surface area contributed by atoms with Crippen LogP contribution in [0.3, 0.4) is 0 Å². The summed E-state index contributed by atoms with van der Waals surface area (Å²) < 4.78 is 23.0. The molecule has 2 aromatic carbocycles. The van der Waals surface area contributed by atoms with Crippen molar-refractivity contribution in [3.05, 3.63) is 59.7 Å². The highest BCUT2D eigenvalue weighted by Crippen LogP contribution is 2.37. The number of benzene rings is 2. The molecule has 28 heavy (non-hydrogen) atoms. The molecule has 0 aliphatic carbocycles. The third kappa shape index (κ3) is 6.83. The van der Waals surface area contributed by atoms with Crippen molar-refractivity contribution in [2.24, 2.45) is 0 Å². The van der Waals surface area contributed by atoms with E-state index >= 15 is 0 Å². The summed E-state index contributed by atoms with van der Waals surface area (Å²) in [6.07, 6.45) is 8.13. The quantitative estimate of drug-likeness (QED) is 0.305. The van der Waals surface area contributed by atoms with Gasteiger partial charge < -0.3 is 14.0 Å². The van der Waals surface area contributed by atoms with E-state index in [0.29, 0.717) is 23.2 Å². The van der Waals surface area contributed by atoms with Gasteiger partial charge in [0.1, 0.15) is 24.9 Å². The molecule has 1 unspecified atom stereocenters. The minimum absolute atomic E-state index is 0.303. The normalized spacial score (nSPS) is 11.8. The Labute approximate surface area is 169 Å². The van der Waals surface area contributed by atoms with Crippen LogP contribution in [-0.2, 0) is 11.0 Å². The van der Waals surface area contributed by atoms with Crippen LogP contribution < -0.4 is 9.47 Å². The molecule has 0 aliphatic rings. The number of aryl methyl sites for hydroxylation is 1. The van der Waals surface area contributed by atoms with Gasteiger partial charge in [-0.15, -0.1) is 0 Å². The molecule has 0 aliphatic heterocycles. The van der Waals surface area contributed by atoms with Crippen LogP contribution in [0.5, 0.6) is 11.5 Å². The van der Waals surface area contributed by atoms with Crippen molar-refractivity contribution < 1.29 is 18.8 Å². The largest absolute Gasteiger partial charge is 0.496 e. The Morgan fingerprint density at radius 1 is 0.786 bits per heavy atom. The van der Waals surface area contributed by atoms with E-state index in [1.165, 1.54) is 39.0 Å². The van der Waals surface area contributed by atoms with Gasteiger partial charge in [0.25, 0.3) is 0 Å². The van der Waals surface area contributed by atoms with Gasteiger partial charge in [0.05, 0.1) is 14.2 Å². The van der Waals surface area contributed by atoms with Gasteiger partial charge in [0.15, 0.2) is 0 Å². The van der Waals surface area contributed by atoms with Gasteiger partial charge in [0.2, 0.25) is 5.52 Å². The molecule has 2 aromatic rings. The van der Waals surface area contributed by atoms with Gasteiger partial charge in [-0.05, 0) is 37.0 Å². The Morgan fingerprint density at radius 2 is 1.36 bits per heavy atom. The van der Waals surface area contributed by atoms with Crippen molar-refractivity contribution in [3.63, 3.8) is 0 Å². The Kier molecular flexibility index (Phi) is 9.85. The fourth-order valence-corrected chi connectivity index (χ4v) is 4.62. The molecule has 0 spiro atoms. The number of rotatable bonds is 13. The van der Waals surface area contributed by atoms with E-state index in [-0.39, 0.29) is 5.52 Å². The van der Waals surface area contributed by atoms with E-state index in [0.717, 1.165) is 25.7 Å². The number of hydrogen-bond acceptors (Lipinski definition) is 4. The van der Waals surface area contributed by atoms with Crippen molar-refractivity contribution in [2.75, 3.05) is 20.4 Å². The summed E-state index contributed by atoms with van der Waals surface area (Å²) in [6, 6.07) is 15.7. The predicted molar refractivity (Wildman–Crippen MR) is 116 cm³/mol. The number of ether oxygens (including phenoxy) is 2. The van der Waals surface area contributed by atoms with Crippen LogP contribution >= 0.6 is 7.80 Å². The molecule has 0 bridgehead atoms. The molecular formula is C23H31O4P. The summed E-state index contributed by atoms with van der Waals surface area (Å²) in [5.41, 5.74) is 1.35. The molecule has 5 heteroatoms. The smallest absolute Gasteiger partial charge is 0.225 e. The number of methoxy groups -OCH3 is 2. The number of carbonyl (C=O) groups is 1. The van der Waals surface area contributed by atoms with Crippen LogP contribution in [0.25, 0.3) is 0 Å². The summed E-state index contributed by atoms with van der Waals surface area (Å²) >= 11 is 0. The van der Waals surface area contributed by atoms with E-state index in [9.17, 15) is 9.36 Å². The lowest BCUT2D eigenvalue weighted by molar-refractivity contribution is 0.107. The standard InChI is InChI=1S/C23H31O4P/c1-26-20-16-12-17-21(27-2)22(20)23(24)28(25)18-11-6-4-3-5-8-13-19-14-9-7-10-15-19/h7,9-10,12,14-17,28H,3-6,8,11,13,18H2,1-2H3. The van der Waals surface area contributed by atoms with Gasteiger partial charge >= 0.3 is 0 Å². The number of carbonyl (C=O) groups excluding carboxylic acids is 1. The summed E-state index contributed by atoms with van der Waals surface area (Å²) in [5.74, 6) is 0.835. The lowest BCUT2D eigenvalue weighted by Crippen LogP contribution is -2.03. The maximum absolute atomic E-state index is 12.6. The lowest BCUT2D eigenvalue weighted by Gasteiger charge is -2.11. The molecule has 0 N–H and O–H groups in total. The van der Waals surface area contributed by atoms with E-state index < -0.39 is 7.80 Å². The minimum atomic E-state index is -2.37. The molecule has 0 radical (unpaired) electrons. The minimum Gasteiger partial charge on any atom is -0.496 e. The van der Waals surface area contributed by atoms with Crippen LogP contribution in [0, 0.1) is 0 Å². The highest BCUT2D eigenvalue weighted by Gasteiger charge is 2.22. The van der Waals surface area contributed by atoms with Crippen molar-refractivity contribution in [2.45, 2.75) is 44.9 Å². The van der Waals surface area contributed by atoms with Crippen LogP contribution in [0.4, 0.5) is 0 Å². The highest BCUT2D eigenvalue weighted by atomic mass is 31.1. The summed E-state index contributed by atoms with van der Waals surface area (Å²) in [6.45, 7) is 0. The second-order valence-electron chi connectivity index (χ2n) is 6.90. The van der Waals surface area contributed by atoms with Crippen LogP contribution in [0.2, 0.25) is 0 Å². The average molecular weight is 402 g/mol. The van der Waals surface area contributed by atoms with Crippen LogP contribution in [-0.4, -0.2) is 25.9 Å². The van der Waals surface area contributed by atoms with Gasteiger partial charge in [-0.3, -0.25) is 4.79 Å². The van der Waals surface area contributed by atoms with E-state index in [1.807, 2.05) is 6.07 Å². The zero-order valence-electron chi connectivity index (χ0n) is 16.9. The molecule has 2 rings (SSSR count). The molecule has 0 aromatic heterocycles. The Bertz CT molecular complexity index is 736. The van der Waals surface area contributed by atoms with Crippen LogP contribution in [0.15, 0.2) is 48.5 Å². The Hall–Kier alpha value is -2.06. The second kappa shape index (κ2) is 12.4. The Balaban J connectivity index is 1.66. The molecular weight excluding hydrogens is 371 g/mol. The fourth-order valence-electron chi connectivity index (χ4n) is 3.29. The molecule has 0 heterocycles. The van der Waals surface area contributed by atoms with Crippen molar-refractivity contribution >= 4 is 13.3 Å². The zero-order chi connectivity index (χ0) is 20.2. The topological polar surface area (TPSA) is 52.6 Å². The summed E-state index contributed by atoms with van der Waals surface area (Å²) in [7, 11) is 0.636. The van der Waals surface area contributed by atoms with Crippen molar-refractivity contribution in [3.8, 4) is 11.5 Å². The number of unbranched alkanes of at least 4 members (excludes halogenated alkanes) is 5. The van der Waals surface area contributed by atoms with Crippen molar-refractivity contribution in [1.29, 1.82) is 0 Å². The lowest BCUT2D eigenvalue weighted by atomic mass is 10.1. The molecule has 0 fully saturated rings. The monoisotopic (exact) mass is 402 g/mol. The maximum atomic E-state index is 12.6. The molecule has 152 valence electrons. The summed E-state index contributed by atoms with van der Waals surface area (Å²) in [5, 5.41) is 0. The van der Waals surface area contributed by atoms with E-state index in [4.69, 9.17) is 9.47 Å². The molecule has 0 saturated carbocycles. The highest BCUT2D eigenvalue weighted by molar-refractivity contribution is 7.64. The zero-order valence-corrected chi connectivity index (χ0v) is 17.9.